The summed E-state index contributed by atoms with van der Waals surface area (Å²) in [5, 5.41) is 11.6. The number of nitrogens with zero attached hydrogens (tertiary/aromatic N) is 3. The molecule has 7 nitrogen and oxygen atoms in total. The van der Waals surface area contributed by atoms with Crippen molar-refractivity contribution in [1.82, 2.24) is 15.1 Å². The highest BCUT2D eigenvalue weighted by molar-refractivity contribution is 6.09. The summed E-state index contributed by atoms with van der Waals surface area (Å²) in [5.74, 6) is -0.860. The maximum Gasteiger partial charge on any atom is 0.325 e. The molecule has 0 spiro atoms. The van der Waals surface area contributed by atoms with Crippen LogP contribution in [0.4, 0.5) is 4.79 Å². The molecular formula is C15H16N4O3. The molecule has 0 aliphatic carbocycles. The molecular weight excluding hydrogens is 284 g/mol. The Morgan fingerprint density at radius 1 is 1.41 bits per heavy atom. The van der Waals surface area contributed by atoms with Gasteiger partial charge in [0.15, 0.2) is 0 Å². The van der Waals surface area contributed by atoms with E-state index >= 15 is 0 Å². The first kappa shape index (κ1) is 15.5. The largest absolute Gasteiger partial charge is 0.347 e. The third kappa shape index (κ3) is 2.51. The van der Waals surface area contributed by atoms with E-state index in [0.717, 1.165) is 4.90 Å². The summed E-state index contributed by atoms with van der Waals surface area (Å²) in [6.07, 6.45) is 0. The fourth-order valence-electron chi connectivity index (χ4n) is 2.21. The quantitative estimate of drug-likeness (QED) is 0.818. The van der Waals surface area contributed by atoms with E-state index in [-0.39, 0.29) is 12.5 Å². The average Bonchev–Trinajstić information content (AvgIpc) is 2.71. The molecule has 4 amide bonds. The van der Waals surface area contributed by atoms with Crippen LogP contribution in [0.2, 0.25) is 0 Å². The third-order valence-corrected chi connectivity index (χ3v) is 3.64. The van der Waals surface area contributed by atoms with E-state index in [2.05, 4.69) is 5.32 Å². The van der Waals surface area contributed by atoms with E-state index < -0.39 is 17.5 Å². The lowest BCUT2D eigenvalue weighted by atomic mass is 9.91. The van der Waals surface area contributed by atoms with E-state index in [1.165, 1.54) is 4.90 Å². The molecule has 1 aromatic carbocycles. The minimum absolute atomic E-state index is 0.314. The van der Waals surface area contributed by atoms with Crippen LogP contribution in [0.25, 0.3) is 0 Å². The Balaban J connectivity index is 2.33. The van der Waals surface area contributed by atoms with Crippen LogP contribution in [0.15, 0.2) is 24.3 Å². The van der Waals surface area contributed by atoms with E-state index in [4.69, 9.17) is 5.26 Å². The summed E-state index contributed by atoms with van der Waals surface area (Å²) in [6.45, 7) is 1.25. The fraction of sp³-hybridized carbons (Fsp3) is 0.333. The van der Waals surface area contributed by atoms with Crippen LogP contribution in [0.3, 0.4) is 0 Å². The zero-order valence-electron chi connectivity index (χ0n) is 12.6. The number of carbonyl (C=O) groups is 3. The maximum absolute atomic E-state index is 12.6. The number of nitriles is 1. The Morgan fingerprint density at radius 3 is 2.68 bits per heavy atom. The second kappa shape index (κ2) is 5.48. The van der Waals surface area contributed by atoms with Crippen LogP contribution in [0, 0.1) is 11.3 Å². The number of amides is 4. The predicted octanol–water partition coefficient (Wildman–Crippen LogP) is 0.413. The van der Waals surface area contributed by atoms with Crippen molar-refractivity contribution in [2.45, 2.75) is 12.5 Å². The second-order valence-electron chi connectivity index (χ2n) is 5.43. The molecule has 0 radical (unpaired) electrons. The second-order valence-corrected chi connectivity index (χ2v) is 5.43. The number of urea groups is 1. The monoisotopic (exact) mass is 300 g/mol. The number of likely N-dealkylation sites (N-methyl/N-ethyl adjacent to an activating group) is 1. The highest BCUT2D eigenvalue weighted by Gasteiger charge is 2.49. The van der Waals surface area contributed by atoms with Gasteiger partial charge < -0.3 is 10.2 Å². The van der Waals surface area contributed by atoms with Gasteiger partial charge in [-0.15, -0.1) is 0 Å². The summed E-state index contributed by atoms with van der Waals surface area (Å²) in [6, 6.07) is 7.85. The molecule has 2 rings (SSSR count). The van der Waals surface area contributed by atoms with Gasteiger partial charge in [-0.3, -0.25) is 14.5 Å². The predicted molar refractivity (Wildman–Crippen MR) is 77.4 cm³/mol. The number of hydrogen-bond donors (Lipinski definition) is 1. The van der Waals surface area contributed by atoms with Crippen molar-refractivity contribution in [3.8, 4) is 6.07 Å². The number of imide groups is 1. The van der Waals surface area contributed by atoms with Crippen molar-refractivity contribution in [3.63, 3.8) is 0 Å². The molecule has 0 saturated carbocycles. The van der Waals surface area contributed by atoms with Gasteiger partial charge in [0.05, 0.1) is 11.6 Å². The Morgan fingerprint density at radius 2 is 2.09 bits per heavy atom. The smallest absolute Gasteiger partial charge is 0.325 e. The summed E-state index contributed by atoms with van der Waals surface area (Å²) in [4.78, 5) is 38.6. The molecule has 1 aromatic rings. The molecule has 1 fully saturated rings. The third-order valence-electron chi connectivity index (χ3n) is 3.64. The molecule has 1 aliphatic heterocycles. The van der Waals surface area contributed by atoms with E-state index in [1.807, 2.05) is 6.07 Å². The molecule has 114 valence electrons. The van der Waals surface area contributed by atoms with E-state index in [0.29, 0.717) is 11.1 Å². The molecule has 0 unspecified atom stereocenters. The lowest BCUT2D eigenvalue weighted by Gasteiger charge is -2.22. The summed E-state index contributed by atoms with van der Waals surface area (Å²) in [5.41, 5.74) is -0.385. The highest BCUT2D eigenvalue weighted by atomic mass is 16.2. The van der Waals surface area contributed by atoms with Gasteiger partial charge in [-0.1, -0.05) is 12.1 Å². The molecule has 1 saturated heterocycles. The molecule has 7 heteroatoms. The Labute approximate surface area is 128 Å². The van der Waals surface area contributed by atoms with Crippen molar-refractivity contribution in [1.29, 1.82) is 5.26 Å². The molecule has 0 aromatic heterocycles. The molecule has 1 atom stereocenters. The molecule has 1 N–H and O–H groups in total. The zero-order chi connectivity index (χ0) is 16.5. The van der Waals surface area contributed by atoms with Crippen molar-refractivity contribution in [3.05, 3.63) is 35.4 Å². The lowest BCUT2D eigenvalue weighted by Crippen LogP contribution is -2.43. The van der Waals surface area contributed by atoms with Crippen LogP contribution in [-0.4, -0.2) is 48.3 Å². The maximum atomic E-state index is 12.6. The van der Waals surface area contributed by atoms with Crippen molar-refractivity contribution >= 4 is 17.8 Å². The fourth-order valence-corrected chi connectivity index (χ4v) is 2.21. The Kier molecular flexibility index (Phi) is 3.87. The highest BCUT2D eigenvalue weighted by Crippen LogP contribution is 2.29. The van der Waals surface area contributed by atoms with Crippen LogP contribution in [0.5, 0.6) is 0 Å². The van der Waals surface area contributed by atoms with Crippen LogP contribution in [0.1, 0.15) is 18.1 Å². The van der Waals surface area contributed by atoms with Gasteiger partial charge in [0.25, 0.3) is 5.91 Å². The molecule has 22 heavy (non-hydrogen) atoms. The minimum Gasteiger partial charge on any atom is -0.347 e. The molecule has 1 heterocycles. The molecule has 1 aliphatic rings. The summed E-state index contributed by atoms with van der Waals surface area (Å²) in [7, 11) is 3.10. The normalized spacial score (nSPS) is 20.5. The first-order valence-corrected chi connectivity index (χ1v) is 6.64. The average molecular weight is 300 g/mol. The van der Waals surface area contributed by atoms with E-state index in [9.17, 15) is 14.4 Å². The topological polar surface area (TPSA) is 93.5 Å². The summed E-state index contributed by atoms with van der Waals surface area (Å²) < 4.78 is 0. The van der Waals surface area contributed by atoms with Crippen molar-refractivity contribution in [2.75, 3.05) is 20.6 Å². The van der Waals surface area contributed by atoms with Gasteiger partial charge in [0, 0.05) is 14.1 Å². The number of rotatable bonds is 3. The van der Waals surface area contributed by atoms with Crippen LogP contribution < -0.4 is 5.32 Å². The van der Waals surface area contributed by atoms with Crippen LogP contribution >= 0.6 is 0 Å². The number of benzene rings is 1. The Hall–Kier alpha value is -2.88. The van der Waals surface area contributed by atoms with Gasteiger partial charge in [-0.05, 0) is 24.6 Å². The number of nitrogens with one attached hydrogen (secondary N) is 1. The van der Waals surface area contributed by atoms with Crippen LogP contribution in [-0.2, 0) is 15.1 Å². The van der Waals surface area contributed by atoms with Gasteiger partial charge >= 0.3 is 6.03 Å². The van der Waals surface area contributed by atoms with Gasteiger partial charge in [-0.25, -0.2) is 4.79 Å². The molecule has 0 bridgehead atoms. The van der Waals surface area contributed by atoms with Crippen molar-refractivity contribution < 1.29 is 14.4 Å². The van der Waals surface area contributed by atoms with E-state index in [1.54, 1.807) is 45.3 Å². The summed E-state index contributed by atoms with van der Waals surface area (Å²) >= 11 is 0. The van der Waals surface area contributed by atoms with Crippen molar-refractivity contribution in [2.24, 2.45) is 0 Å². The van der Waals surface area contributed by atoms with Gasteiger partial charge in [0.1, 0.15) is 12.1 Å². The van der Waals surface area contributed by atoms with Gasteiger partial charge in [-0.2, -0.15) is 5.26 Å². The zero-order valence-corrected chi connectivity index (χ0v) is 12.6. The van der Waals surface area contributed by atoms with Gasteiger partial charge in [0.2, 0.25) is 5.91 Å². The first-order valence-electron chi connectivity index (χ1n) is 6.64. The number of carbonyl (C=O) groups excluding carboxylic acids is 3. The Bertz CT molecular complexity index is 692. The minimum atomic E-state index is -1.28. The lowest BCUT2D eigenvalue weighted by molar-refractivity contribution is -0.137. The number of hydrogen-bond acceptors (Lipinski definition) is 4. The first-order chi connectivity index (χ1) is 10.3. The standard InChI is InChI=1S/C15H16N4O3/c1-15(11-6-4-5-10(7-11)8-16)13(21)19(14(22)17-15)9-12(20)18(2)3/h4-7H,9H2,1-3H3,(H,17,22)/t15-/m0/s1. The SMILES string of the molecule is CN(C)C(=O)CN1C(=O)N[C@@](C)(c2cccc(C#N)c2)C1=O.